The third-order valence-corrected chi connectivity index (χ3v) is 3.67. The Bertz CT molecular complexity index is 557. The van der Waals surface area contributed by atoms with Crippen molar-refractivity contribution in [1.82, 2.24) is 15.1 Å². The van der Waals surface area contributed by atoms with Crippen LogP contribution in [0.3, 0.4) is 0 Å². The summed E-state index contributed by atoms with van der Waals surface area (Å²) in [5.74, 6) is 0. The van der Waals surface area contributed by atoms with Crippen LogP contribution in [0.2, 0.25) is 0 Å². The van der Waals surface area contributed by atoms with E-state index in [4.69, 9.17) is 4.74 Å². The molecule has 2 rings (SSSR count). The fourth-order valence-electron chi connectivity index (χ4n) is 2.17. The minimum atomic E-state index is 0.712. The first-order valence-electron chi connectivity index (χ1n) is 6.63. The van der Waals surface area contributed by atoms with E-state index in [0.29, 0.717) is 6.61 Å². The van der Waals surface area contributed by atoms with Gasteiger partial charge in [-0.25, -0.2) is 4.68 Å². The van der Waals surface area contributed by atoms with Crippen LogP contribution in [-0.2, 0) is 11.3 Å². The summed E-state index contributed by atoms with van der Waals surface area (Å²) in [6.45, 7) is 6.49. The van der Waals surface area contributed by atoms with E-state index in [1.165, 1.54) is 11.1 Å². The zero-order valence-electron chi connectivity index (χ0n) is 12.1. The normalized spacial score (nSPS) is 11.0. The minimum Gasteiger partial charge on any atom is -0.383 e. The lowest BCUT2D eigenvalue weighted by Crippen LogP contribution is -2.18. The summed E-state index contributed by atoms with van der Waals surface area (Å²) in [5, 5.41) is 7.91. The van der Waals surface area contributed by atoms with Crippen LogP contribution in [0.25, 0.3) is 5.69 Å². The predicted octanol–water partition coefficient (Wildman–Crippen LogP) is 2.99. The smallest absolute Gasteiger partial charge is 0.0816 e. The van der Waals surface area contributed by atoms with E-state index in [9.17, 15) is 0 Å². The molecule has 0 spiro atoms. The molecule has 0 aliphatic rings. The van der Waals surface area contributed by atoms with Gasteiger partial charge in [-0.2, -0.15) is 5.10 Å². The number of ether oxygens (including phenoxy) is 1. The zero-order valence-corrected chi connectivity index (χ0v) is 13.7. The molecule has 1 heterocycles. The zero-order chi connectivity index (χ0) is 14.5. The summed E-state index contributed by atoms with van der Waals surface area (Å²) in [5.41, 5.74) is 4.57. The standard InChI is InChI=1S/C15H20BrN3O/c1-11-8-12(2)15(14(16)9-11)19-6-4-13(18-19)10-17-5-7-20-3/h4,6,8-9,17H,5,7,10H2,1-3H3. The van der Waals surface area contributed by atoms with E-state index in [1.54, 1.807) is 7.11 Å². The fraction of sp³-hybridized carbons (Fsp3) is 0.400. The molecular weight excluding hydrogens is 318 g/mol. The highest BCUT2D eigenvalue weighted by atomic mass is 79.9. The van der Waals surface area contributed by atoms with Crippen molar-refractivity contribution in [3.05, 3.63) is 45.7 Å². The number of rotatable bonds is 6. The topological polar surface area (TPSA) is 39.1 Å². The Hall–Kier alpha value is -1.17. The highest BCUT2D eigenvalue weighted by Gasteiger charge is 2.09. The second-order valence-electron chi connectivity index (χ2n) is 4.83. The molecule has 1 N–H and O–H groups in total. The Kier molecular flexibility index (Phi) is 5.34. The molecule has 108 valence electrons. The van der Waals surface area contributed by atoms with E-state index in [0.717, 1.165) is 28.9 Å². The van der Waals surface area contributed by atoms with Crippen molar-refractivity contribution in [2.75, 3.05) is 20.3 Å². The first kappa shape index (κ1) is 15.2. The molecule has 0 saturated heterocycles. The van der Waals surface area contributed by atoms with Crippen LogP contribution in [0.15, 0.2) is 28.9 Å². The van der Waals surface area contributed by atoms with Crippen LogP contribution in [0.1, 0.15) is 16.8 Å². The Morgan fingerprint density at radius 2 is 2.15 bits per heavy atom. The number of benzene rings is 1. The van der Waals surface area contributed by atoms with Crippen LogP contribution >= 0.6 is 15.9 Å². The number of aromatic nitrogens is 2. The van der Waals surface area contributed by atoms with E-state index >= 15 is 0 Å². The molecule has 1 aromatic heterocycles. The largest absolute Gasteiger partial charge is 0.383 e. The van der Waals surface area contributed by atoms with Gasteiger partial charge in [0.05, 0.1) is 18.0 Å². The van der Waals surface area contributed by atoms with Crippen molar-refractivity contribution in [3.63, 3.8) is 0 Å². The van der Waals surface area contributed by atoms with Gasteiger partial charge in [0.1, 0.15) is 0 Å². The Morgan fingerprint density at radius 3 is 2.85 bits per heavy atom. The SMILES string of the molecule is COCCNCc1ccn(-c2c(C)cc(C)cc2Br)n1. The number of nitrogens with zero attached hydrogens (tertiary/aromatic N) is 2. The van der Waals surface area contributed by atoms with Crippen molar-refractivity contribution in [1.29, 1.82) is 0 Å². The predicted molar refractivity (Wildman–Crippen MR) is 84.3 cm³/mol. The fourth-order valence-corrected chi connectivity index (χ4v) is 3.02. The number of halogens is 1. The van der Waals surface area contributed by atoms with Crippen LogP contribution in [0, 0.1) is 13.8 Å². The van der Waals surface area contributed by atoms with E-state index < -0.39 is 0 Å². The minimum absolute atomic E-state index is 0.712. The lowest BCUT2D eigenvalue weighted by atomic mass is 10.1. The summed E-state index contributed by atoms with van der Waals surface area (Å²) in [4.78, 5) is 0. The number of hydrogen-bond acceptors (Lipinski definition) is 3. The molecule has 2 aromatic rings. The maximum atomic E-state index is 5.00. The summed E-state index contributed by atoms with van der Waals surface area (Å²) >= 11 is 3.62. The second kappa shape index (κ2) is 7.02. The maximum absolute atomic E-state index is 5.00. The van der Waals surface area contributed by atoms with Gasteiger partial charge in [-0.3, -0.25) is 0 Å². The van der Waals surface area contributed by atoms with Gasteiger partial charge in [-0.1, -0.05) is 6.07 Å². The average Bonchev–Trinajstić information content (AvgIpc) is 2.82. The number of aryl methyl sites for hydroxylation is 2. The van der Waals surface area contributed by atoms with Crippen LogP contribution in [0.5, 0.6) is 0 Å². The molecule has 0 aliphatic heterocycles. The lowest BCUT2D eigenvalue weighted by Gasteiger charge is -2.10. The molecule has 4 nitrogen and oxygen atoms in total. The van der Waals surface area contributed by atoms with E-state index in [2.05, 4.69) is 52.3 Å². The molecule has 0 aliphatic carbocycles. The van der Waals surface area contributed by atoms with Gasteiger partial charge < -0.3 is 10.1 Å². The van der Waals surface area contributed by atoms with Crippen molar-refractivity contribution < 1.29 is 4.74 Å². The van der Waals surface area contributed by atoms with Crippen LogP contribution < -0.4 is 5.32 Å². The molecular formula is C15H20BrN3O. The highest BCUT2D eigenvalue weighted by molar-refractivity contribution is 9.10. The molecule has 0 atom stereocenters. The number of hydrogen-bond donors (Lipinski definition) is 1. The van der Waals surface area contributed by atoms with Gasteiger partial charge in [0.15, 0.2) is 0 Å². The Labute approximate surface area is 128 Å². The Morgan fingerprint density at radius 1 is 1.35 bits per heavy atom. The third kappa shape index (κ3) is 3.69. The third-order valence-electron chi connectivity index (χ3n) is 3.06. The molecule has 20 heavy (non-hydrogen) atoms. The van der Waals surface area contributed by atoms with Gasteiger partial charge >= 0.3 is 0 Å². The van der Waals surface area contributed by atoms with E-state index in [-0.39, 0.29) is 0 Å². The monoisotopic (exact) mass is 337 g/mol. The number of methoxy groups -OCH3 is 1. The first-order valence-corrected chi connectivity index (χ1v) is 7.42. The van der Waals surface area contributed by atoms with Gasteiger partial charge in [0.2, 0.25) is 0 Å². The molecule has 0 radical (unpaired) electrons. The summed E-state index contributed by atoms with van der Waals surface area (Å²) in [6.07, 6.45) is 2.00. The quantitative estimate of drug-likeness (QED) is 0.823. The summed E-state index contributed by atoms with van der Waals surface area (Å²) in [7, 11) is 1.70. The molecule has 1 aromatic carbocycles. The van der Waals surface area contributed by atoms with Gasteiger partial charge in [0, 0.05) is 30.9 Å². The van der Waals surface area contributed by atoms with Gasteiger partial charge in [0.25, 0.3) is 0 Å². The second-order valence-corrected chi connectivity index (χ2v) is 5.69. The first-order chi connectivity index (χ1) is 9.61. The van der Waals surface area contributed by atoms with Crippen LogP contribution in [0.4, 0.5) is 0 Å². The molecule has 0 amide bonds. The van der Waals surface area contributed by atoms with Crippen LogP contribution in [-0.4, -0.2) is 30.0 Å². The lowest BCUT2D eigenvalue weighted by molar-refractivity contribution is 0.199. The van der Waals surface area contributed by atoms with Gasteiger partial charge in [-0.05, 0) is 53.0 Å². The molecule has 0 bridgehead atoms. The molecule has 0 unspecified atom stereocenters. The summed E-state index contributed by atoms with van der Waals surface area (Å²) < 4.78 is 7.99. The van der Waals surface area contributed by atoms with Crippen molar-refractivity contribution in [3.8, 4) is 5.69 Å². The highest BCUT2D eigenvalue weighted by Crippen LogP contribution is 2.25. The Balaban J connectivity index is 2.13. The van der Waals surface area contributed by atoms with Crippen molar-refractivity contribution >= 4 is 15.9 Å². The summed E-state index contributed by atoms with van der Waals surface area (Å²) in [6, 6.07) is 6.31. The maximum Gasteiger partial charge on any atom is 0.0816 e. The average molecular weight is 338 g/mol. The van der Waals surface area contributed by atoms with Gasteiger partial charge in [-0.15, -0.1) is 0 Å². The number of nitrogens with one attached hydrogen (secondary N) is 1. The van der Waals surface area contributed by atoms with Crippen molar-refractivity contribution in [2.45, 2.75) is 20.4 Å². The molecule has 5 heteroatoms. The van der Waals surface area contributed by atoms with E-state index in [1.807, 2.05) is 16.9 Å². The van der Waals surface area contributed by atoms with Crippen molar-refractivity contribution in [2.24, 2.45) is 0 Å². The molecule has 0 fully saturated rings. The molecule has 0 saturated carbocycles.